The summed E-state index contributed by atoms with van der Waals surface area (Å²) in [6, 6.07) is 22.9. The summed E-state index contributed by atoms with van der Waals surface area (Å²) in [5.41, 5.74) is 4.34. The Labute approximate surface area is 157 Å². The molecule has 0 aliphatic carbocycles. The van der Waals surface area contributed by atoms with Crippen LogP contribution in [0.5, 0.6) is 0 Å². The molecule has 0 aliphatic heterocycles. The molecular weight excluding hydrogens is 336 g/mol. The highest BCUT2D eigenvalue weighted by molar-refractivity contribution is 6.05. The highest BCUT2D eigenvalue weighted by Gasteiger charge is 2.21. The molecule has 4 aromatic rings. The van der Waals surface area contributed by atoms with Crippen molar-refractivity contribution in [2.45, 2.75) is 12.8 Å². The van der Waals surface area contributed by atoms with E-state index in [0.29, 0.717) is 29.3 Å². The van der Waals surface area contributed by atoms with Gasteiger partial charge in [-0.2, -0.15) is 0 Å². The molecule has 0 radical (unpaired) electrons. The van der Waals surface area contributed by atoms with Crippen LogP contribution in [0.4, 0.5) is 0 Å². The zero-order valence-corrected chi connectivity index (χ0v) is 14.7. The smallest absolute Gasteiger partial charge is 0.336 e. The molecule has 27 heavy (non-hydrogen) atoms. The number of benzene rings is 2. The minimum atomic E-state index is -0.929. The van der Waals surface area contributed by atoms with Gasteiger partial charge in [-0.3, -0.25) is 4.98 Å². The predicted octanol–water partition coefficient (Wildman–Crippen LogP) is 4.78. The van der Waals surface area contributed by atoms with Crippen molar-refractivity contribution in [3.05, 3.63) is 95.8 Å². The first-order valence-electron chi connectivity index (χ1n) is 8.84. The lowest BCUT2D eigenvalue weighted by atomic mass is 9.93. The molecule has 4 nitrogen and oxygen atoms in total. The Morgan fingerprint density at radius 3 is 2.33 bits per heavy atom. The highest BCUT2D eigenvalue weighted by Crippen LogP contribution is 2.31. The number of carboxylic acid groups (broad SMARTS) is 1. The van der Waals surface area contributed by atoms with Crippen LogP contribution in [0.25, 0.3) is 22.2 Å². The van der Waals surface area contributed by atoms with E-state index >= 15 is 0 Å². The van der Waals surface area contributed by atoms with E-state index in [9.17, 15) is 9.90 Å². The zero-order valence-electron chi connectivity index (χ0n) is 14.7. The van der Waals surface area contributed by atoms with Gasteiger partial charge >= 0.3 is 5.97 Å². The number of carbonyl (C=O) groups is 1. The number of para-hydroxylation sites is 1. The van der Waals surface area contributed by atoms with Gasteiger partial charge in [0.2, 0.25) is 0 Å². The molecule has 0 saturated carbocycles. The summed E-state index contributed by atoms with van der Waals surface area (Å²) in [5, 5.41) is 10.7. The number of pyridine rings is 2. The first-order chi connectivity index (χ1) is 13.2. The molecule has 0 aliphatic rings. The van der Waals surface area contributed by atoms with Crippen LogP contribution in [-0.4, -0.2) is 21.0 Å². The normalized spacial score (nSPS) is 10.8. The van der Waals surface area contributed by atoms with Crippen LogP contribution in [0.2, 0.25) is 0 Å². The second kappa shape index (κ2) is 7.38. The molecule has 0 unspecified atom stereocenters. The van der Waals surface area contributed by atoms with Crippen LogP contribution in [0.3, 0.4) is 0 Å². The molecule has 0 atom stereocenters. The fourth-order valence-electron chi connectivity index (χ4n) is 3.37. The van der Waals surface area contributed by atoms with Crippen molar-refractivity contribution >= 4 is 16.9 Å². The summed E-state index contributed by atoms with van der Waals surface area (Å²) < 4.78 is 0. The average Bonchev–Trinajstić information content (AvgIpc) is 2.72. The van der Waals surface area contributed by atoms with Crippen molar-refractivity contribution in [1.29, 1.82) is 0 Å². The minimum Gasteiger partial charge on any atom is -0.478 e. The summed E-state index contributed by atoms with van der Waals surface area (Å²) >= 11 is 0. The number of aryl methyl sites for hydroxylation is 1. The predicted molar refractivity (Wildman–Crippen MR) is 106 cm³/mol. The van der Waals surface area contributed by atoms with Gasteiger partial charge in [0.1, 0.15) is 0 Å². The first kappa shape index (κ1) is 16.9. The summed E-state index contributed by atoms with van der Waals surface area (Å²) in [5.74, 6) is -0.929. The molecule has 2 aromatic heterocycles. The maximum Gasteiger partial charge on any atom is 0.336 e. The lowest BCUT2D eigenvalue weighted by molar-refractivity contribution is 0.0698. The number of hydrogen-bond acceptors (Lipinski definition) is 3. The van der Waals surface area contributed by atoms with E-state index in [2.05, 4.69) is 4.98 Å². The number of rotatable bonds is 5. The van der Waals surface area contributed by atoms with Gasteiger partial charge in [0, 0.05) is 22.8 Å². The molecule has 4 heteroatoms. The molecule has 0 saturated heterocycles. The summed E-state index contributed by atoms with van der Waals surface area (Å²) in [6.07, 6.45) is 2.96. The van der Waals surface area contributed by atoms with Crippen LogP contribution in [0.15, 0.2) is 79.0 Å². The molecule has 4 rings (SSSR count). The summed E-state index contributed by atoms with van der Waals surface area (Å²) in [7, 11) is 0. The Morgan fingerprint density at radius 2 is 1.59 bits per heavy atom. The number of carboxylic acids is 1. The summed E-state index contributed by atoms with van der Waals surface area (Å²) in [6.45, 7) is 0. The van der Waals surface area contributed by atoms with E-state index < -0.39 is 5.97 Å². The lowest BCUT2D eigenvalue weighted by Gasteiger charge is -2.15. The van der Waals surface area contributed by atoms with Crippen LogP contribution < -0.4 is 0 Å². The molecule has 2 aromatic carbocycles. The molecule has 132 valence electrons. The topological polar surface area (TPSA) is 63.1 Å². The highest BCUT2D eigenvalue weighted by atomic mass is 16.4. The minimum absolute atomic E-state index is 0.329. The number of fused-ring (bicyclic) bond motifs is 1. The van der Waals surface area contributed by atoms with Gasteiger partial charge in [0.05, 0.1) is 16.8 Å². The zero-order chi connectivity index (χ0) is 18.6. The Morgan fingerprint density at radius 1 is 0.852 bits per heavy atom. The van der Waals surface area contributed by atoms with Gasteiger partial charge in [-0.15, -0.1) is 0 Å². The van der Waals surface area contributed by atoms with Gasteiger partial charge in [-0.25, -0.2) is 9.78 Å². The monoisotopic (exact) mass is 354 g/mol. The molecule has 1 N–H and O–H groups in total. The molecule has 0 bridgehead atoms. The Kier molecular flexibility index (Phi) is 4.62. The van der Waals surface area contributed by atoms with E-state index in [1.54, 1.807) is 6.20 Å². The van der Waals surface area contributed by atoms with Crippen molar-refractivity contribution < 1.29 is 9.90 Å². The van der Waals surface area contributed by atoms with Gasteiger partial charge in [0.25, 0.3) is 0 Å². The maximum atomic E-state index is 12.2. The SMILES string of the molecule is O=C(O)c1c(CCc2ccccn2)c(-c2ccccc2)nc2ccccc12. The number of aromatic nitrogens is 2. The van der Waals surface area contributed by atoms with Crippen LogP contribution in [-0.2, 0) is 12.8 Å². The second-order valence-corrected chi connectivity index (χ2v) is 6.32. The Bertz CT molecular complexity index is 1090. The quantitative estimate of drug-likeness (QED) is 0.560. The molecule has 0 spiro atoms. The third kappa shape index (κ3) is 3.42. The van der Waals surface area contributed by atoms with E-state index in [4.69, 9.17) is 4.98 Å². The lowest BCUT2D eigenvalue weighted by Crippen LogP contribution is -2.09. The largest absolute Gasteiger partial charge is 0.478 e. The number of aromatic carboxylic acids is 1. The van der Waals surface area contributed by atoms with Crippen LogP contribution in [0, 0.1) is 0 Å². The molecular formula is C23H18N2O2. The van der Waals surface area contributed by atoms with Crippen LogP contribution in [0.1, 0.15) is 21.6 Å². The van der Waals surface area contributed by atoms with Gasteiger partial charge < -0.3 is 5.11 Å². The van der Waals surface area contributed by atoms with Crippen molar-refractivity contribution in [2.24, 2.45) is 0 Å². The summed E-state index contributed by atoms with van der Waals surface area (Å²) in [4.78, 5) is 21.4. The van der Waals surface area contributed by atoms with E-state index in [-0.39, 0.29) is 0 Å². The fourth-order valence-corrected chi connectivity index (χ4v) is 3.37. The molecule has 0 amide bonds. The standard InChI is InChI=1S/C23H18N2O2/c26-23(27)21-18-11-4-5-12-20(18)25-22(16-8-2-1-3-9-16)19(21)14-13-17-10-6-7-15-24-17/h1-12,15H,13-14H2,(H,26,27). The van der Waals surface area contributed by atoms with E-state index in [0.717, 1.165) is 22.5 Å². The van der Waals surface area contributed by atoms with Crippen LogP contribution >= 0.6 is 0 Å². The van der Waals surface area contributed by atoms with Gasteiger partial charge in [-0.1, -0.05) is 54.6 Å². The van der Waals surface area contributed by atoms with E-state index in [1.807, 2.05) is 72.8 Å². The number of nitrogens with zero attached hydrogens (tertiary/aromatic N) is 2. The third-order valence-electron chi connectivity index (χ3n) is 4.61. The first-order valence-corrected chi connectivity index (χ1v) is 8.84. The Hall–Kier alpha value is -3.53. The van der Waals surface area contributed by atoms with Gasteiger partial charge in [-0.05, 0) is 36.6 Å². The van der Waals surface area contributed by atoms with E-state index in [1.165, 1.54) is 0 Å². The number of hydrogen-bond donors (Lipinski definition) is 1. The van der Waals surface area contributed by atoms with Crippen molar-refractivity contribution in [1.82, 2.24) is 9.97 Å². The van der Waals surface area contributed by atoms with Crippen molar-refractivity contribution in [3.63, 3.8) is 0 Å². The maximum absolute atomic E-state index is 12.2. The van der Waals surface area contributed by atoms with Crippen molar-refractivity contribution in [2.75, 3.05) is 0 Å². The third-order valence-corrected chi connectivity index (χ3v) is 4.61. The fraction of sp³-hybridized carbons (Fsp3) is 0.0870. The average molecular weight is 354 g/mol. The molecule has 0 fully saturated rings. The Balaban J connectivity index is 1.92. The van der Waals surface area contributed by atoms with Gasteiger partial charge in [0.15, 0.2) is 0 Å². The molecule has 2 heterocycles. The second-order valence-electron chi connectivity index (χ2n) is 6.32. The van der Waals surface area contributed by atoms with Crippen molar-refractivity contribution in [3.8, 4) is 11.3 Å².